The van der Waals surface area contributed by atoms with Crippen LogP contribution in [0.2, 0.25) is 0 Å². The number of hydrogen-bond donors (Lipinski definition) is 1. The van der Waals surface area contributed by atoms with E-state index >= 15 is 0 Å². The molecular formula is C13H20N6O3S. The van der Waals surface area contributed by atoms with Crippen molar-refractivity contribution in [1.29, 1.82) is 0 Å². The van der Waals surface area contributed by atoms with Gasteiger partial charge in [-0.25, -0.2) is 13.4 Å². The second-order valence-electron chi connectivity index (χ2n) is 5.45. The van der Waals surface area contributed by atoms with E-state index in [2.05, 4.69) is 19.8 Å². The minimum atomic E-state index is -3.85. The second-order valence-corrected chi connectivity index (χ2v) is 7.07. The minimum Gasteiger partial charge on any atom is -0.361 e. The highest BCUT2D eigenvalue weighted by atomic mass is 32.2. The van der Waals surface area contributed by atoms with Crippen molar-refractivity contribution in [3.05, 3.63) is 17.7 Å². The topological polar surface area (TPSA) is 104 Å². The molecule has 126 valence electrons. The molecule has 0 aliphatic rings. The molecule has 0 amide bonds. The Morgan fingerprint density at radius 3 is 2.26 bits per heavy atom. The van der Waals surface area contributed by atoms with Crippen LogP contribution in [0, 0.1) is 13.8 Å². The van der Waals surface area contributed by atoms with Gasteiger partial charge in [0.05, 0.1) is 6.20 Å². The molecule has 0 aliphatic heterocycles. The molecule has 23 heavy (non-hydrogen) atoms. The van der Waals surface area contributed by atoms with Gasteiger partial charge >= 0.3 is 0 Å². The van der Waals surface area contributed by atoms with Crippen molar-refractivity contribution in [1.82, 2.24) is 15.1 Å². The molecule has 0 unspecified atom stereocenters. The Hall–Kier alpha value is -2.36. The Morgan fingerprint density at radius 2 is 1.78 bits per heavy atom. The van der Waals surface area contributed by atoms with Crippen LogP contribution in [0.5, 0.6) is 0 Å². The van der Waals surface area contributed by atoms with Gasteiger partial charge in [0.1, 0.15) is 11.4 Å². The molecule has 0 saturated carbocycles. The standard InChI is InChI=1S/C13H20N6O3S/c1-8-11(9(2)22-16-8)23(20,21)17-10-7-14-13(19(5)6)15-12(10)18(3)4/h7,17H,1-6H3. The van der Waals surface area contributed by atoms with Crippen LogP contribution in [0.1, 0.15) is 11.5 Å². The van der Waals surface area contributed by atoms with Crippen molar-refractivity contribution in [2.75, 3.05) is 42.7 Å². The molecule has 0 fully saturated rings. The summed E-state index contributed by atoms with van der Waals surface area (Å²) in [7, 11) is 3.32. The summed E-state index contributed by atoms with van der Waals surface area (Å²) in [5.41, 5.74) is 0.577. The lowest BCUT2D eigenvalue weighted by Gasteiger charge is -2.19. The summed E-state index contributed by atoms with van der Waals surface area (Å²) in [6.45, 7) is 3.12. The molecule has 1 N–H and O–H groups in total. The highest BCUT2D eigenvalue weighted by Crippen LogP contribution is 2.27. The van der Waals surface area contributed by atoms with E-state index in [1.807, 2.05) is 14.1 Å². The Kier molecular flexibility index (Phi) is 4.46. The lowest BCUT2D eigenvalue weighted by molar-refractivity contribution is 0.390. The van der Waals surface area contributed by atoms with Crippen LogP contribution in [0.4, 0.5) is 17.5 Å². The molecule has 0 bridgehead atoms. The Balaban J connectivity index is 2.47. The first-order valence-corrected chi connectivity index (χ1v) is 8.29. The average molecular weight is 340 g/mol. The maximum absolute atomic E-state index is 12.6. The summed E-state index contributed by atoms with van der Waals surface area (Å²) in [4.78, 5) is 12.0. The van der Waals surface area contributed by atoms with Crippen LogP contribution in [0.15, 0.2) is 15.6 Å². The van der Waals surface area contributed by atoms with E-state index in [4.69, 9.17) is 4.52 Å². The molecule has 0 radical (unpaired) electrons. The van der Waals surface area contributed by atoms with E-state index in [0.29, 0.717) is 17.5 Å². The van der Waals surface area contributed by atoms with Crippen molar-refractivity contribution in [2.24, 2.45) is 0 Å². The highest BCUT2D eigenvalue weighted by molar-refractivity contribution is 7.92. The first kappa shape index (κ1) is 17.0. The zero-order valence-corrected chi connectivity index (χ0v) is 14.8. The van der Waals surface area contributed by atoms with Gasteiger partial charge in [-0.3, -0.25) is 4.72 Å². The number of rotatable bonds is 5. The molecule has 0 saturated heterocycles. The van der Waals surface area contributed by atoms with Crippen LogP contribution in [-0.2, 0) is 10.0 Å². The maximum atomic E-state index is 12.6. The quantitative estimate of drug-likeness (QED) is 0.860. The van der Waals surface area contributed by atoms with Crippen LogP contribution < -0.4 is 14.5 Å². The molecule has 10 heteroatoms. The maximum Gasteiger partial charge on any atom is 0.267 e. The predicted molar refractivity (Wildman–Crippen MR) is 87.5 cm³/mol. The van der Waals surface area contributed by atoms with Crippen LogP contribution in [0.3, 0.4) is 0 Å². The number of sulfonamides is 1. The summed E-state index contributed by atoms with van der Waals surface area (Å²) in [6, 6.07) is 0. The van der Waals surface area contributed by atoms with Crippen molar-refractivity contribution >= 4 is 27.5 Å². The van der Waals surface area contributed by atoms with Gasteiger partial charge in [-0.15, -0.1) is 0 Å². The van der Waals surface area contributed by atoms with E-state index < -0.39 is 10.0 Å². The fourth-order valence-corrected chi connectivity index (χ4v) is 3.42. The molecule has 0 atom stereocenters. The normalized spacial score (nSPS) is 11.4. The molecule has 2 heterocycles. The second kappa shape index (κ2) is 6.03. The van der Waals surface area contributed by atoms with E-state index in [-0.39, 0.29) is 16.3 Å². The largest absolute Gasteiger partial charge is 0.361 e. The van der Waals surface area contributed by atoms with E-state index in [9.17, 15) is 8.42 Å². The Labute approximate surface area is 135 Å². The molecule has 2 aromatic rings. The van der Waals surface area contributed by atoms with E-state index in [0.717, 1.165) is 0 Å². The third-order valence-corrected chi connectivity index (χ3v) is 4.67. The summed E-state index contributed by atoms with van der Waals surface area (Å²) in [5.74, 6) is 1.17. The summed E-state index contributed by atoms with van der Waals surface area (Å²) >= 11 is 0. The van der Waals surface area contributed by atoms with Gasteiger partial charge in [0.25, 0.3) is 10.0 Å². The first-order chi connectivity index (χ1) is 10.6. The Bertz CT molecular complexity index is 794. The number of hydrogen-bond acceptors (Lipinski definition) is 8. The molecule has 0 aliphatic carbocycles. The Morgan fingerprint density at radius 1 is 1.13 bits per heavy atom. The highest BCUT2D eigenvalue weighted by Gasteiger charge is 2.26. The zero-order valence-electron chi connectivity index (χ0n) is 13.9. The van der Waals surface area contributed by atoms with Gasteiger partial charge in [-0.05, 0) is 13.8 Å². The first-order valence-electron chi connectivity index (χ1n) is 6.81. The van der Waals surface area contributed by atoms with Crippen molar-refractivity contribution < 1.29 is 12.9 Å². The lowest BCUT2D eigenvalue weighted by Crippen LogP contribution is -2.21. The number of anilines is 3. The van der Waals surface area contributed by atoms with Crippen molar-refractivity contribution in [3.8, 4) is 0 Å². The van der Waals surface area contributed by atoms with E-state index in [1.54, 1.807) is 37.7 Å². The molecule has 2 rings (SSSR count). The van der Waals surface area contributed by atoms with Gasteiger partial charge in [-0.1, -0.05) is 5.16 Å². The van der Waals surface area contributed by atoms with Crippen molar-refractivity contribution in [2.45, 2.75) is 18.7 Å². The number of aromatic nitrogens is 3. The third kappa shape index (κ3) is 3.36. The predicted octanol–water partition coefficient (Wildman–Crippen LogP) is 1.01. The molecule has 2 aromatic heterocycles. The SMILES string of the molecule is Cc1noc(C)c1S(=O)(=O)Nc1cnc(N(C)C)nc1N(C)C. The van der Waals surface area contributed by atoms with Crippen LogP contribution in [0.25, 0.3) is 0 Å². The summed E-state index contributed by atoms with van der Waals surface area (Å²) in [6.07, 6.45) is 1.44. The van der Waals surface area contributed by atoms with Crippen molar-refractivity contribution in [3.63, 3.8) is 0 Å². The summed E-state index contributed by atoms with van der Waals surface area (Å²) < 4.78 is 32.6. The van der Waals surface area contributed by atoms with Gasteiger partial charge in [0.2, 0.25) is 5.95 Å². The molecule has 0 spiro atoms. The van der Waals surface area contributed by atoms with Crippen LogP contribution >= 0.6 is 0 Å². The smallest absolute Gasteiger partial charge is 0.267 e. The van der Waals surface area contributed by atoms with Gasteiger partial charge in [0, 0.05) is 28.2 Å². The van der Waals surface area contributed by atoms with Gasteiger partial charge in [-0.2, -0.15) is 4.98 Å². The molecule has 9 nitrogen and oxygen atoms in total. The fourth-order valence-electron chi connectivity index (χ4n) is 2.05. The number of nitrogens with zero attached hydrogens (tertiary/aromatic N) is 5. The average Bonchev–Trinajstić information content (AvgIpc) is 2.78. The van der Waals surface area contributed by atoms with E-state index in [1.165, 1.54) is 6.20 Å². The minimum absolute atomic E-state index is 0.0268. The fraction of sp³-hybridized carbons (Fsp3) is 0.462. The monoisotopic (exact) mass is 340 g/mol. The zero-order chi connectivity index (χ0) is 17.4. The lowest BCUT2D eigenvalue weighted by atomic mass is 10.4. The van der Waals surface area contributed by atoms with Gasteiger partial charge < -0.3 is 14.3 Å². The summed E-state index contributed by atoms with van der Waals surface area (Å²) in [5, 5.41) is 3.68. The molecular weight excluding hydrogens is 320 g/mol. The number of nitrogens with one attached hydrogen (secondary N) is 1. The third-order valence-electron chi connectivity index (χ3n) is 3.06. The van der Waals surface area contributed by atoms with Gasteiger partial charge in [0.15, 0.2) is 16.5 Å². The van der Waals surface area contributed by atoms with Crippen LogP contribution in [-0.4, -0.2) is 51.7 Å². The molecule has 0 aromatic carbocycles. The number of aryl methyl sites for hydroxylation is 2.